The van der Waals surface area contributed by atoms with Crippen LogP contribution >= 0.6 is 0 Å². The summed E-state index contributed by atoms with van der Waals surface area (Å²) in [4.78, 5) is 16.4. The highest BCUT2D eigenvalue weighted by atomic mass is 16.5. The minimum absolute atomic E-state index is 0.00208. The highest BCUT2D eigenvalue weighted by Crippen LogP contribution is 2.21. The number of aromatic nitrogens is 1. The summed E-state index contributed by atoms with van der Waals surface area (Å²) in [6, 6.07) is 4.09. The molecule has 3 N–H and O–H groups in total. The summed E-state index contributed by atoms with van der Waals surface area (Å²) in [6.45, 7) is 5.61. The van der Waals surface area contributed by atoms with Gasteiger partial charge < -0.3 is 15.8 Å². The van der Waals surface area contributed by atoms with E-state index < -0.39 is 6.10 Å². The normalized spacial score (nSPS) is 17.4. The zero-order valence-corrected chi connectivity index (χ0v) is 12.3. The van der Waals surface area contributed by atoms with Gasteiger partial charge in [0.1, 0.15) is 5.75 Å². The Kier molecular flexibility index (Phi) is 4.60. The first-order chi connectivity index (χ1) is 9.45. The second kappa shape index (κ2) is 6.22. The molecule has 1 aromatic heterocycles. The van der Waals surface area contributed by atoms with Crippen LogP contribution < -0.4 is 15.8 Å². The molecule has 1 fully saturated rings. The molecule has 0 aliphatic heterocycles. The number of nitrogens with two attached hydrogens (primary N) is 1. The van der Waals surface area contributed by atoms with Gasteiger partial charge in [0.25, 0.3) is 5.91 Å². The van der Waals surface area contributed by atoms with Gasteiger partial charge in [-0.2, -0.15) is 0 Å². The van der Waals surface area contributed by atoms with Gasteiger partial charge in [-0.1, -0.05) is 0 Å². The molecule has 1 saturated carbocycles. The molecule has 5 nitrogen and oxygen atoms in total. The van der Waals surface area contributed by atoms with Crippen molar-refractivity contribution in [3.63, 3.8) is 0 Å². The molecule has 0 bridgehead atoms. The molecule has 2 rings (SSSR count). The van der Waals surface area contributed by atoms with Crippen LogP contribution in [0.25, 0.3) is 0 Å². The molecule has 1 amide bonds. The summed E-state index contributed by atoms with van der Waals surface area (Å²) in [5, 5.41) is 2.94. The highest BCUT2D eigenvalue weighted by molar-refractivity contribution is 5.81. The van der Waals surface area contributed by atoms with Gasteiger partial charge in [0.15, 0.2) is 6.10 Å². The molecule has 110 valence electrons. The summed E-state index contributed by atoms with van der Waals surface area (Å²) in [7, 11) is 0. The van der Waals surface area contributed by atoms with Crippen LogP contribution in [0.1, 0.15) is 38.1 Å². The SMILES string of the molecule is Cc1ccc(OC(C)C(=O)NC2CC2)c(CC(C)N)n1. The molecule has 20 heavy (non-hydrogen) atoms. The number of carbonyl (C=O) groups excluding carboxylic acids is 1. The Morgan fingerprint density at radius 3 is 2.80 bits per heavy atom. The molecule has 2 unspecified atom stereocenters. The van der Waals surface area contributed by atoms with Crippen molar-refractivity contribution in [2.75, 3.05) is 0 Å². The molecule has 0 spiro atoms. The maximum Gasteiger partial charge on any atom is 0.260 e. The number of hydrogen-bond donors (Lipinski definition) is 2. The minimum atomic E-state index is -0.521. The second-order valence-corrected chi connectivity index (χ2v) is 5.62. The Bertz CT molecular complexity index is 484. The monoisotopic (exact) mass is 277 g/mol. The van der Waals surface area contributed by atoms with Gasteiger partial charge in [0, 0.05) is 24.2 Å². The first-order valence-corrected chi connectivity index (χ1v) is 7.15. The number of amides is 1. The molecule has 0 saturated heterocycles. The first-order valence-electron chi connectivity index (χ1n) is 7.15. The van der Waals surface area contributed by atoms with Gasteiger partial charge in [-0.05, 0) is 45.7 Å². The van der Waals surface area contributed by atoms with Gasteiger partial charge >= 0.3 is 0 Å². The number of nitrogens with zero attached hydrogens (tertiary/aromatic N) is 1. The summed E-state index contributed by atoms with van der Waals surface area (Å²) < 4.78 is 5.76. The van der Waals surface area contributed by atoms with Crippen LogP contribution in [0.2, 0.25) is 0 Å². The standard InChI is InChI=1S/C15H23N3O2/c1-9(16)8-13-14(7-4-10(2)17-13)20-11(3)15(19)18-12-5-6-12/h4,7,9,11-12H,5-6,8,16H2,1-3H3,(H,18,19). The van der Waals surface area contributed by atoms with Gasteiger partial charge in [0.2, 0.25) is 0 Å². The minimum Gasteiger partial charge on any atom is -0.479 e. The zero-order chi connectivity index (χ0) is 14.7. The lowest BCUT2D eigenvalue weighted by atomic mass is 10.1. The lowest BCUT2D eigenvalue weighted by molar-refractivity contribution is -0.127. The van der Waals surface area contributed by atoms with E-state index in [0.717, 1.165) is 24.2 Å². The Morgan fingerprint density at radius 1 is 1.50 bits per heavy atom. The topological polar surface area (TPSA) is 77.2 Å². The van der Waals surface area contributed by atoms with Crippen LogP contribution in [0.4, 0.5) is 0 Å². The Morgan fingerprint density at radius 2 is 2.20 bits per heavy atom. The average Bonchev–Trinajstić information content (AvgIpc) is 3.15. The molecule has 1 aromatic rings. The van der Waals surface area contributed by atoms with Crippen LogP contribution in [0.15, 0.2) is 12.1 Å². The van der Waals surface area contributed by atoms with E-state index in [4.69, 9.17) is 10.5 Å². The Labute approximate surface area is 119 Å². The largest absolute Gasteiger partial charge is 0.479 e. The van der Waals surface area contributed by atoms with Crippen molar-refractivity contribution in [2.45, 2.75) is 58.2 Å². The molecule has 0 radical (unpaired) electrons. The summed E-state index contributed by atoms with van der Waals surface area (Å²) in [5.74, 6) is 0.575. The van der Waals surface area contributed by atoms with E-state index in [1.165, 1.54) is 0 Å². The van der Waals surface area contributed by atoms with Gasteiger partial charge in [-0.3, -0.25) is 9.78 Å². The predicted molar refractivity (Wildman–Crippen MR) is 77.6 cm³/mol. The molecule has 1 aliphatic rings. The molecule has 1 heterocycles. The van der Waals surface area contributed by atoms with E-state index >= 15 is 0 Å². The fraction of sp³-hybridized carbons (Fsp3) is 0.600. The maximum atomic E-state index is 11.9. The van der Waals surface area contributed by atoms with Crippen molar-refractivity contribution in [1.29, 1.82) is 0 Å². The molecular formula is C15H23N3O2. The van der Waals surface area contributed by atoms with E-state index in [-0.39, 0.29) is 11.9 Å². The van der Waals surface area contributed by atoms with E-state index in [0.29, 0.717) is 18.2 Å². The molecule has 2 atom stereocenters. The average molecular weight is 277 g/mol. The van der Waals surface area contributed by atoms with Gasteiger partial charge in [-0.15, -0.1) is 0 Å². The van der Waals surface area contributed by atoms with Crippen LogP contribution in [0.5, 0.6) is 5.75 Å². The van der Waals surface area contributed by atoms with Crippen molar-refractivity contribution in [1.82, 2.24) is 10.3 Å². The van der Waals surface area contributed by atoms with Crippen LogP contribution in [0, 0.1) is 6.92 Å². The lowest BCUT2D eigenvalue weighted by Gasteiger charge is -2.17. The number of carbonyl (C=O) groups is 1. The number of hydrogen-bond acceptors (Lipinski definition) is 4. The van der Waals surface area contributed by atoms with Gasteiger partial charge in [-0.25, -0.2) is 0 Å². The van der Waals surface area contributed by atoms with Gasteiger partial charge in [0.05, 0.1) is 5.69 Å². The number of nitrogens with one attached hydrogen (secondary N) is 1. The quantitative estimate of drug-likeness (QED) is 0.822. The highest BCUT2D eigenvalue weighted by Gasteiger charge is 2.26. The molecular weight excluding hydrogens is 254 g/mol. The van der Waals surface area contributed by atoms with E-state index in [2.05, 4.69) is 10.3 Å². The number of pyridine rings is 1. The maximum absolute atomic E-state index is 11.9. The third kappa shape index (κ3) is 4.20. The summed E-state index contributed by atoms with van der Waals surface area (Å²) >= 11 is 0. The fourth-order valence-corrected chi connectivity index (χ4v) is 1.95. The number of aryl methyl sites for hydroxylation is 1. The summed E-state index contributed by atoms with van der Waals surface area (Å²) in [6.07, 6.45) is 2.25. The molecule has 0 aromatic carbocycles. The van der Waals surface area contributed by atoms with Crippen molar-refractivity contribution in [2.24, 2.45) is 5.73 Å². The van der Waals surface area contributed by atoms with Crippen molar-refractivity contribution < 1.29 is 9.53 Å². The van der Waals surface area contributed by atoms with Crippen molar-refractivity contribution >= 4 is 5.91 Å². The zero-order valence-electron chi connectivity index (χ0n) is 12.3. The second-order valence-electron chi connectivity index (χ2n) is 5.62. The third-order valence-electron chi connectivity index (χ3n) is 3.18. The summed E-state index contributed by atoms with van der Waals surface area (Å²) in [5.41, 5.74) is 7.56. The molecule has 1 aliphatic carbocycles. The van der Waals surface area contributed by atoms with Crippen molar-refractivity contribution in [3.05, 3.63) is 23.5 Å². The number of ether oxygens (including phenoxy) is 1. The lowest BCUT2D eigenvalue weighted by Crippen LogP contribution is -2.37. The predicted octanol–water partition coefficient (Wildman–Crippen LogP) is 1.33. The Balaban J connectivity index is 2.04. The first kappa shape index (κ1) is 14.8. The van der Waals surface area contributed by atoms with E-state index in [9.17, 15) is 4.79 Å². The van der Waals surface area contributed by atoms with E-state index in [1.54, 1.807) is 6.92 Å². The smallest absolute Gasteiger partial charge is 0.260 e. The van der Waals surface area contributed by atoms with Crippen molar-refractivity contribution in [3.8, 4) is 5.75 Å². The number of rotatable bonds is 6. The van der Waals surface area contributed by atoms with E-state index in [1.807, 2.05) is 26.0 Å². The van der Waals surface area contributed by atoms with Crippen LogP contribution in [-0.4, -0.2) is 29.1 Å². The van der Waals surface area contributed by atoms with Crippen LogP contribution in [0.3, 0.4) is 0 Å². The fourth-order valence-electron chi connectivity index (χ4n) is 1.95. The third-order valence-corrected chi connectivity index (χ3v) is 3.18. The Hall–Kier alpha value is -1.62. The molecule has 5 heteroatoms. The van der Waals surface area contributed by atoms with Crippen LogP contribution in [-0.2, 0) is 11.2 Å².